The van der Waals surface area contributed by atoms with Gasteiger partial charge >= 0.3 is 0 Å². The van der Waals surface area contributed by atoms with Crippen LogP contribution in [0.3, 0.4) is 0 Å². The maximum absolute atomic E-state index is 9.89. The quantitative estimate of drug-likeness (QED) is 0.543. The molecule has 7 heteroatoms. The van der Waals surface area contributed by atoms with E-state index in [0.29, 0.717) is 0 Å². The molecule has 0 saturated carbocycles. The first kappa shape index (κ1) is 13.9. The third kappa shape index (κ3) is 2.43. The molecule has 2 aliphatic heterocycles. The smallest absolute Gasteiger partial charge is 0.283 e. The number of fused-ring (bicyclic) bond motifs is 1. The van der Waals surface area contributed by atoms with Crippen molar-refractivity contribution in [2.75, 3.05) is 13.2 Å². The topological polar surface area (TPSA) is 97.6 Å². The van der Waals surface area contributed by atoms with Gasteiger partial charge in [-0.05, 0) is 0 Å². The lowest BCUT2D eigenvalue weighted by molar-refractivity contribution is -0.340. The van der Waals surface area contributed by atoms with Crippen molar-refractivity contribution in [1.29, 1.82) is 0 Å². The predicted octanol–water partition coefficient (Wildman–Crippen LogP) is -1.28. The fourth-order valence-electron chi connectivity index (χ4n) is 2.04. The second kappa shape index (κ2) is 5.22. The van der Waals surface area contributed by atoms with Crippen molar-refractivity contribution in [2.24, 2.45) is 0 Å². The maximum atomic E-state index is 9.89. The fourth-order valence-corrected chi connectivity index (χ4v) is 2.04. The van der Waals surface area contributed by atoms with Gasteiger partial charge < -0.3 is 29.5 Å². The molecule has 0 aromatic carbocycles. The number of aliphatic hydroxyl groups is 3. The lowest BCUT2D eigenvalue weighted by Crippen LogP contribution is -2.57. The molecule has 2 heterocycles. The van der Waals surface area contributed by atoms with E-state index in [1.54, 1.807) is 0 Å². The predicted molar refractivity (Wildman–Crippen MR) is 58.3 cm³/mol. The summed E-state index contributed by atoms with van der Waals surface area (Å²) in [5, 5.41) is 28.6. The van der Waals surface area contributed by atoms with Gasteiger partial charge in [0.15, 0.2) is 6.29 Å². The van der Waals surface area contributed by atoms with Gasteiger partial charge in [0.1, 0.15) is 24.4 Å². The molecule has 0 aromatic heterocycles. The van der Waals surface area contributed by atoms with Crippen LogP contribution in [0.5, 0.6) is 0 Å². The Hall–Kier alpha value is -0.540. The molecular weight excluding hydrogens is 244 g/mol. The summed E-state index contributed by atoms with van der Waals surface area (Å²) in [6, 6.07) is 0. The summed E-state index contributed by atoms with van der Waals surface area (Å²) in [5.41, 5.74) is 0. The van der Waals surface area contributed by atoms with Crippen LogP contribution in [0.25, 0.3) is 0 Å². The number of ether oxygens (including phenoxy) is 4. The van der Waals surface area contributed by atoms with Gasteiger partial charge in [0.05, 0.1) is 13.2 Å². The van der Waals surface area contributed by atoms with Gasteiger partial charge in [-0.3, -0.25) is 4.74 Å². The molecule has 2 saturated heterocycles. The molecule has 2 aliphatic rings. The Balaban J connectivity index is 2.06. The highest BCUT2D eigenvalue weighted by Crippen LogP contribution is 2.37. The average molecular weight is 262 g/mol. The zero-order valence-electron chi connectivity index (χ0n) is 10.1. The van der Waals surface area contributed by atoms with Crippen molar-refractivity contribution in [3.8, 4) is 0 Å². The first-order valence-corrected chi connectivity index (χ1v) is 5.73. The molecule has 0 aliphatic carbocycles. The average Bonchev–Trinajstić information content (AvgIpc) is 2.69. The molecule has 6 atom stereocenters. The van der Waals surface area contributed by atoms with Gasteiger partial charge in [0.25, 0.3) is 5.97 Å². The normalized spacial score (nSPS) is 47.9. The van der Waals surface area contributed by atoms with Crippen LogP contribution in [-0.2, 0) is 18.9 Å². The zero-order valence-corrected chi connectivity index (χ0v) is 10.1. The molecule has 0 aromatic rings. The summed E-state index contributed by atoms with van der Waals surface area (Å²) in [5.74, 6) is -1.37. The molecule has 0 radical (unpaired) electrons. The number of hydrogen-bond donors (Lipinski definition) is 3. The summed E-state index contributed by atoms with van der Waals surface area (Å²) >= 11 is 0. The van der Waals surface area contributed by atoms with E-state index in [0.717, 1.165) is 0 Å². The lowest BCUT2D eigenvalue weighted by Gasteiger charge is -2.36. The summed E-state index contributed by atoms with van der Waals surface area (Å²) in [6.45, 7) is 4.82. The molecule has 3 N–H and O–H groups in total. The molecule has 1 unspecified atom stereocenters. The van der Waals surface area contributed by atoms with Gasteiger partial charge in [-0.15, -0.1) is 6.58 Å². The van der Waals surface area contributed by atoms with Gasteiger partial charge in [-0.1, -0.05) is 6.08 Å². The SMILES string of the molecule is C=CCOC1(C)O[C@@H]2O[C@H](CO)[C@@H](O)[C@H](O)[C@@H]2O1. The molecule has 0 spiro atoms. The molecule has 104 valence electrons. The summed E-state index contributed by atoms with van der Waals surface area (Å²) < 4.78 is 21.4. The van der Waals surface area contributed by atoms with E-state index in [4.69, 9.17) is 24.1 Å². The summed E-state index contributed by atoms with van der Waals surface area (Å²) in [6.07, 6.45) is -3.58. The van der Waals surface area contributed by atoms with Crippen molar-refractivity contribution in [1.82, 2.24) is 0 Å². The second-order valence-electron chi connectivity index (χ2n) is 4.37. The van der Waals surface area contributed by atoms with E-state index in [9.17, 15) is 10.2 Å². The van der Waals surface area contributed by atoms with Crippen LogP contribution in [-0.4, -0.2) is 65.2 Å². The summed E-state index contributed by atoms with van der Waals surface area (Å²) in [7, 11) is 0. The molecule has 18 heavy (non-hydrogen) atoms. The van der Waals surface area contributed by atoms with E-state index in [-0.39, 0.29) is 6.61 Å². The molecule has 0 bridgehead atoms. The highest BCUT2D eigenvalue weighted by atomic mass is 16.9. The van der Waals surface area contributed by atoms with Crippen molar-refractivity contribution in [2.45, 2.75) is 43.6 Å². The molecule has 2 fully saturated rings. The minimum Gasteiger partial charge on any atom is -0.394 e. The molecule has 0 amide bonds. The highest BCUT2D eigenvalue weighted by Gasteiger charge is 2.55. The molecule has 7 nitrogen and oxygen atoms in total. The Morgan fingerprint density at radius 1 is 1.33 bits per heavy atom. The van der Waals surface area contributed by atoms with Crippen LogP contribution >= 0.6 is 0 Å². The second-order valence-corrected chi connectivity index (χ2v) is 4.37. The standard InChI is InChI=1S/C11H18O7/c1-3-4-15-11(2)17-9-8(14)7(13)6(5-12)16-10(9)18-11/h3,6-10,12-14H,1,4-5H2,2H3/t6-,7-,8+,9+,10+,11?/m1/s1. The van der Waals surface area contributed by atoms with Gasteiger partial charge in [-0.2, -0.15) is 0 Å². The van der Waals surface area contributed by atoms with Gasteiger partial charge in [0, 0.05) is 6.92 Å². The van der Waals surface area contributed by atoms with Crippen LogP contribution in [0.2, 0.25) is 0 Å². The Kier molecular flexibility index (Phi) is 4.02. The van der Waals surface area contributed by atoms with Gasteiger partial charge in [-0.25, -0.2) is 0 Å². The highest BCUT2D eigenvalue weighted by molar-refractivity contribution is 4.93. The van der Waals surface area contributed by atoms with Crippen LogP contribution in [0.15, 0.2) is 12.7 Å². The van der Waals surface area contributed by atoms with Crippen LogP contribution < -0.4 is 0 Å². The lowest BCUT2D eigenvalue weighted by atomic mass is 9.99. The van der Waals surface area contributed by atoms with Crippen LogP contribution in [0.1, 0.15) is 6.92 Å². The third-order valence-corrected chi connectivity index (χ3v) is 2.97. The first-order chi connectivity index (χ1) is 8.50. The van der Waals surface area contributed by atoms with Crippen molar-refractivity contribution < 1.29 is 34.3 Å². The van der Waals surface area contributed by atoms with Crippen molar-refractivity contribution in [3.63, 3.8) is 0 Å². The minimum absolute atomic E-state index is 0.206. The Labute approximate surface area is 105 Å². The van der Waals surface area contributed by atoms with Crippen LogP contribution in [0.4, 0.5) is 0 Å². The van der Waals surface area contributed by atoms with E-state index < -0.39 is 43.3 Å². The summed E-state index contributed by atoms with van der Waals surface area (Å²) in [4.78, 5) is 0. The number of hydrogen-bond acceptors (Lipinski definition) is 7. The monoisotopic (exact) mass is 262 g/mol. The van der Waals surface area contributed by atoms with E-state index in [1.165, 1.54) is 13.0 Å². The van der Waals surface area contributed by atoms with Crippen molar-refractivity contribution >= 4 is 0 Å². The number of aliphatic hydroxyl groups excluding tert-OH is 3. The van der Waals surface area contributed by atoms with Crippen LogP contribution in [0, 0.1) is 0 Å². The fraction of sp³-hybridized carbons (Fsp3) is 0.818. The minimum atomic E-state index is -1.37. The Morgan fingerprint density at radius 3 is 2.67 bits per heavy atom. The molecule has 2 rings (SSSR count). The first-order valence-electron chi connectivity index (χ1n) is 5.73. The Morgan fingerprint density at radius 2 is 2.06 bits per heavy atom. The van der Waals surface area contributed by atoms with E-state index in [1.807, 2.05) is 0 Å². The van der Waals surface area contributed by atoms with Crippen molar-refractivity contribution in [3.05, 3.63) is 12.7 Å². The third-order valence-electron chi connectivity index (χ3n) is 2.97. The molecular formula is C11H18O7. The van der Waals surface area contributed by atoms with Gasteiger partial charge in [0.2, 0.25) is 0 Å². The Bertz CT molecular complexity index is 310. The maximum Gasteiger partial charge on any atom is 0.283 e. The largest absolute Gasteiger partial charge is 0.394 e. The van der Waals surface area contributed by atoms with E-state index >= 15 is 0 Å². The number of rotatable bonds is 4. The van der Waals surface area contributed by atoms with E-state index in [2.05, 4.69) is 6.58 Å². The zero-order chi connectivity index (χ0) is 13.3.